The van der Waals surface area contributed by atoms with Crippen LogP contribution in [-0.4, -0.2) is 46.8 Å². The summed E-state index contributed by atoms with van der Waals surface area (Å²) in [5.74, 6) is -0.190. The molecular formula is C12H16N2O2. The van der Waals surface area contributed by atoms with Crippen LogP contribution in [0.3, 0.4) is 0 Å². The van der Waals surface area contributed by atoms with E-state index in [1.165, 1.54) is 17.4 Å². The lowest BCUT2D eigenvalue weighted by molar-refractivity contribution is -0.140. The predicted octanol–water partition coefficient (Wildman–Crippen LogP) is 0.538. The first-order valence-electron chi connectivity index (χ1n) is 5.98. The van der Waals surface area contributed by atoms with Gasteiger partial charge in [0.2, 0.25) is 0 Å². The average molecular weight is 220 g/mol. The van der Waals surface area contributed by atoms with Crippen molar-refractivity contribution in [1.82, 2.24) is 9.80 Å². The van der Waals surface area contributed by atoms with Gasteiger partial charge in [0.1, 0.15) is 0 Å². The Balaban J connectivity index is 1.84. The van der Waals surface area contributed by atoms with E-state index in [1.807, 2.05) is 0 Å². The lowest BCUT2D eigenvalue weighted by atomic mass is 10.1. The van der Waals surface area contributed by atoms with Crippen molar-refractivity contribution in [3.63, 3.8) is 0 Å². The minimum atomic E-state index is -0.110. The number of carbonyl (C=O) groups excluding carboxylic acids is 2. The Morgan fingerprint density at radius 1 is 1.19 bits per heavy atom. The van der Waals surface area contributed by atoms with Gasteiger partial charge in [0.25, 0.3) is 11.8 Å². The molecule has 0 spiro atoms. The van der Waals surface area contributed by atoms with Crippen LogP contribution in [0.2, 0.25) is 0 Å². The van der Waals surface area contributed by atoms with Crippen LogP contribution in [0.1, 0.15) is 26.2 Å². The molecule has 4 heteroatoms. The van der Waals surface area contributed by atoms with Crippen LogP contribution in [0, 0.1) is 0 Å². The van der Waals surface area contributed by atoms with Crippen LogP contribution in [0.4, 0.5) is 0 Å². The normalized spacial score (nSPS) is 34.8. The fourth-order valence-electron chi connectivity index (χ4n) is 3.28. The van der Waals surface area contributed by atoms with E-state index in [0.717, 1.165) is 25.9 Å². The first kappa shape index (κ1) is 10.0. The van der Waals surface area contributed by atoms with Crippen LogP contribution >= 0.6 is 0 Å². The molecule has 3 rings (SSSR count). The summed E-state index contributed by atoms with van der Waals surface area (Å²) >= 11 is 0. The van der Waals surface area contributed by atoms with Crippen molar-refractivity contribution in [3.8, 4) is 0 Å². The van der Waals surface area contributed by atoms with Crippen molar-refractivity contribution in [3.05, 3.63) is 11.6 Å². The lowest BCUT2D eigenvalue weighted by Crippen LogP contribution is -2.46. The van der Waals surface area contributed by atoms with Gasteiger partial charge in [-0.3, -0.25) is 19.4 Å². The molecule has 4 nitrogen and oxygen atoms in total. The molecule has 0 N–H and O–H groups in total. The topological polar surface area (TPSA) is 40.6 Å². The second-order valence-electron chi connectivity index (χ2n) is 4.94. The summed E-state index contributed by atoms with van der Waals surface area (Å²) in [5.41, 5.74) is 0.585. The third-order valence-electron chi connectivity index (χ3n) is 4.04. The maximum atomic E-state index is 11.9. The minimum absolute atomic E-state index is 0.0799. The van der Waals surface area contributed by atoms with Gasteiger partial charge in [0.05, 0.1) is 6.04 Å². The van der Waals surface area contributed by atoms with E-state index < -0.39 is 0 Å². The number of carbonyl (C=O) groups is 2. The number of hydrogen-bond donors (Lipinski definition) is 0. The zero-order valence-corrected chi connectivity index (χ0v) is 9.48. The molecule has 2 atom stereocenters. The lowest BCUT2D eigenvalue weighted by Gasteiger charge is -2.27. The summed E-state index contributed by atoms with van der Waals surface area (Å²) in [5, 5.41) is 0. The summed E-state index contributed by atoms with van der Waals surface area (Å²) < 4.78 is 0. The van der Waals surface area contributed by atoms with Crippen molar-refractivity contribution >= 4 is 11.8 Å². The van der Waals surface area contributed by atoms with Gasteiger partial charge in [-0.15, -0.1) is 0 Å². The van der Waals surface area contributed by atoms with Crippen LogP contribution in [0.15, 0.2) is 11.6 Å². The molecule has 2 amide bonds. The molecular weight excluding hydrogens is 204 g/mol. The van der Waals surface area contributed by atoms with Gasteiger partial charge in [-0.2, -0.15) is 0 Å². The molecule has 2 unspecified atom stereocenters. The number of nitrogens with zero attached hydrogens (tertiary/aromatic N) is 2. The summed E-state index contributed by atoms with van der Waals surface area (Å²) in [7, 11) is 0. The number of fused-ring (bicyclic) bond motifs is 1. The van der Waals surface area contributed by atoms with Crippen molar-refractivity contribution in [2.24, 2.45) is 0 Å². The maximum Gasteiger partial charge on any atom is 0.256 e. The van der Waals surface area contributed by atoms with Gasteiger partial charge in [0, 0.05) is 24.2 Å². The van der Waals surface area contributed by atoms with E-state index in [-0.39, 0.29) is 17.9 Å². The van der Waals surface area contributed by atoms with Gasteiger partial charge >= 0.3 is 0 Å². The first-order chi connectivity index (χ1) is 7.68. The zero-order valence-electron chi connectivity index (χ0n) is 9.48. The molecule has 0 aromatic rings. The fraction of sp³-hybridized carbons (Fsp3) is 0.667. The summed E-state index contributed by atoms with van der Waals surface area (Å²) in [6.07, 6.45) is 4.74. The van der Waals surface area contributed by atoms with Crippen LogP contribution in [-0.2, 0) is 9.59 Å². The number of imide groups is 1. The molecule has 3 aliphatic heterocycles. The predicted molar refractivity (Wildman–Crippen MR) is 58.6 cm³/mol. The van der Waals surface area contributed by atoms with Gasteiger partial charge in [-0.25, -0.2) is 0 Å². The Morgan fingerprint density at radius 2 is 2.00 bits per heavy atom. The summed E-state index contributed by atoms with van der Waals surface area (Å²) in [4.78, 5) is 27.6. The summed E-state index contributed by atoms with van der Waals surface area (Å²) in [6.45, 7) is 3.89. The second-order valence-corrected chi connectivity index (χ2v) is 4.94. The van der Waals surface area contributed by atoms with Gasteiger partial charge in [0.15, 0.2) is 0 Å². The Kier molecular flexibility index (Phi) is 2.14. The van der Waals surface area contributed by atoms with Crippen LogP contribution < -0.4 is 0 Å². The van der Waals surface area contributed by atoms with Crippen molar-refractivity contribution in [1.29, 1.82) is 0 Å². The first-order valence-corrected chi connectivity index (χ1v) is 5.98. The molecule has 3 heterocycles. The fourth-order valence-corrected chi connectivity index (χ4v) is 3.28. The number of hydrogen-bond acceptors (Lipinski definition) is 3. The highest BCUT2D eigenvalue weighted by molar-refractivity contribution is 6.16. The highest BCUT2D eigenvalue weighted by atomic mass is 16.2. The quantitative estimate of drug-likeness (QED) is 0.605. The van der Waals surface area contributed by atoms with E-state index in [9.17, 15) is 9.59 Å². The SMILES string of the molecule is CC1=CC(=O)N(C2CCN3CCCC23)C1=O. The maximum absolute atomic E-state index is 11.9. The van der Waals surface area contributed by atoms with Crippen molar-refractivity contribution in [2.45, 2.75) is 38.3 Å². The zero-order chi connectivity index (χ0) is 11.3. The van der Waals surface area contributed by atoms with Gasteiger partial charge < -0.3 is 0 Å². The molecule has 0 radical (unpaired) electrons. The molecule has 0 aromatic carbocycles. The third-order valence-corrected chi connectivity index (χ3v) is 4.04. The Morgan fingerprint density at radius 3 is 2.69 bits per heavy atom. The Labute approximate surface area is 94.9 Å². The molecule has 0 aliphatic carbocycles. The molecule has 0 saturated carbocycles. The highest BCUT2D eigenvalue weighted by Crippen LogP contribution is 2.33. The number of amides is 2. The number of rotatable bonds is 1. The summed E-state index contributed by atoms with van der Waals surface area (Å²) in [6, 6.07) is 0.545. The van der Waals surface area contributed by atoms with Gasteiger partial charge in [-0.05, 0) is 32.7 Å². The van der Waals surface area contributed by atoms with E-state index in [2.05, 4.69) is 4.90 Å². The van der Waals surface area contributed by atoms with E-state index in [0.29, 0.717) is 11.6 Å². The third kappa shape index (κ3) is 1.26. The standard InChI is InChI=1S/C12H16N2O2/c1-8-7-11(15)14(12(8)16)10-4-6-13-5-2-3-9(10)13/h7,9-10H,2-6H2,1H3. The Hall–Kier alpha value is -1.16. The highest BCUT2D eigenvalue weighted by Gasteiger charge is 2.45. The van der Waals surface area contributed by atoms with Crippen LogP contribution in [0.25, 0.3) is 0 Å². The smallest absolute Gasteiger partial charge is 0.256 e. The monoisotopic (exact) mass is 220 g/mol. The molecule has 3 aliphatic rings. The van der Waals surface area contributed by atoms with E-state index in [4.69, 9.17) is 0 Å². The van der Waals surface area contributed by atoms with Crippen molar-refractivity contribution in [2.75, 3.05) is 13.1 Å². The van der Waals surface area contributed by atoms with Crippen molar-refractivity contribution < 1.29 is 9.59 Å². The van der Waals surface area contributed by atoms with Gasteiger partial charge in [-0.1, -0.05) is 0 Å². The van der Waals surface area contributed by atoms with Crippen LogP contribution in [0.5, 0.6) is 0 Å². The second kappa shape index (κ2) is 3.42. The minimum Gasteiger partial charge on any atom is -0.298 e. The average Bonchev–Trinajstić information content (AvgIpc) is 2.86. The molecule has 16 heavy (non-hydrogen) atoms. The van der Waals surface area contributed by atoms with E-state index >= 15 is 0 Å². The molecule has 86 valence electrons. The molecule has 0 bridgehead atoms. The van der Waals surface area contributed by atoms with E-state index in [1.54, 1.807) is 6.92 Å². The molecule has 0 aromatic heterocycles. The molecule has 2 saturated heterocycles. The molecule has 2 fully saturated rings. The Bertz CT molecular complexity index is 388. The largest absolute Gasteiger partial charge is 0.298 e.